The van der Waals surface area contributed by atoms with Crippen LogP contribution in [0, 0.1) is 13.8 Å². The zero-order valence-electron chi connectivity index (χ0n) is 15.9. The zero-order valence-corrected chi connectivity index (χ0v) is 15.9. The molecule has 0 saturated heterocycles. The van der Waals surface area contributed by atoms with E-state index in [0.29, 0.717) is 17.1 Å². The lowest BCUT2D eigenvalue weighted by Crippen LogP contribution is -1.97. The lowest BCUT2D eigenvalue weighted by atomic mass is 10.0. The number of nitrogens with zero attached hydrogens (tertiary/aromatic N) is 1. The van der Waals surface area contributed by atoms with Gasteiger partial charge in [0.2, 0.25) is 0 Å². The van der Waals surface area contributed by atoms with Gasteiger partial charge in [-0.1, -0.05) is 12.1 Å². The Bertz CT molecular complexity index is 1000. The molecule has 0 aliphatic rings. The van der Waals surface area contributed by atoms with E-state index in [9.17, 15) is 4.79 Å². The van der Waals surface area contributed by atoms with Gasteiger partial charge in [-0.15, -0.1) is 0 Å². The zero-order chi connectivity index (χ0) is 19.4. The Morgan fingerprint density at radius 1 is 0.963 bits per heavy atom. The van der Waals surface area contributed by atoms with Crippen molar-refractivity contribution in [3.8, 4) is 22.8 Å². The second-order valence-electron chi connectivity index (χ2n) is 6.27. The Hall–Kier alpha value is -3.34. The van der Waals surface area contributed by atoms with E-state index in [-0.39, 0.29) is 5.78 Å². The summed E-state index contributed by atoms with van der Waals surface area (Å²) in [5.74, 6) is 0.984. The first-order valence-corrected chi connectivity index (χ1v) is 8.59. The molecule has 0 fully saturated rings. The Morgan fingerprint density at radius 2 is 1.74 bits per heavy atom. The lowest BCUT2D eigenvalue weighted by Gasteiger charge is -2.07. The van der Waals surface area contributed by atoms with E-state index in [0.717, 1.165) is 17.0 Å². The minimum Gasteiger partial charge on any atom is -0.493 e. The molecule has 0 unspecified atom stereocenters. The monoisotopic (exact) mass is 362 g/mol. The molecule has 0 bridgehead atoms. The third-order valence-electron chi connectivity index (χ3n) is 4.48. The van der Waals surface area contributed by atoms with Gasteiger partial charge in [-0.3, -0.25) is 9.89 Å². The van der Waals surface area contributed by atoms with Crippen LogP contribution >= 0.6 is 0 Å². The normalized spacial score (nSPS) is 11.0. The maximum Gasteiger partial charge on any atom is 0.186 e. The van der Waals surface area contributed by atoms with Crippen LogP contribution in [0.3, 0.4) is 0 Å². The number of hydrogen-bond acceptors (Lipinski definition) is 4. The first-order chi connectivity index (χ1) is 13.0. The van der Waals surface area contributed by atoms with Crippen molar-refractivity contribution >= 4 is 11.9 Å². The standard InChI is InChI=1S/C22H22N2O3/c1-14-5-6-16(11-15(14)2)19-13-18(23-24-19)8-9-20(25)17-7-10-21(26-3)22(12-17)27-4/h5-13H,1-4H3,(H,23,24). The van der Waals surface area contributed by atoms with Crippen molar-refractivity contribution in [3.63, 3.8) is 0 Å². The molecule has 27 heavy (non-hydrogen) atoms. The quantitative estimate of drug-likeness (QED) is 0.514. The number of carbonyl (C=O) groups excluding carboxylic acids is 1. The minimum absolute atomic E-state index is 0.127. The van der Waals surface area contributed by atoms with Crippen LogP contribution < -0.4 is 9.47 Å². The van der Waals surface area contributed by atoms with Crippen LogP contribution in [0.15, 0.2) is 48.5 Å². The molecular weight excluding hydrogens is 340 g/mol. The molecule has 5 nitrogen and oxygen atoms in total. The van der Waals surface area contributed by atoms with E-state index in [2.05, 4.69) is 36.2 Å². The number of carbonyl (C=O) groups is 1. The van der Waals surface area contributed by atoms with E-state index in [1.54, 1.807) is 38.5 Å². The van der Waals surface area contributed by atoms with E-state index >= 15 is 0 Å². The van der Waals surface area contributed by atoms with Crippen LogP contribution in [0.4, 0.5) is 0 Å². The van der Waals surface area contributed by atoms with Crippen molar-refractivity contribution in [1.82, 2.24) is 10.2 Å². The summed E-state index contributed by atoms with van der Waals surface area (Å²) >= 11 is 0. The average molecular weight is 362 g/mol. The summed E-state index contributed by atoms with van der Waals surface area (Å²) in [5.41, 5.74) is 5.64. The van der Waals surface area contributed by atoms with Gasteiger partial charge in [0.25, 0.3) is 0 Å². The van der Waals surface area contributed by atoms with Crippen LogP contribution in [0.1, 0.15) is 27.2 Å². The fourth-order valence-corrected chi connectivity index (χ4v) is 2.72. The summed E-state index contributed by atoms with van der Waals surface area (Å²) in [6.45, 7) is 4.16. The number of ketones is 1. The lowest BCUT2D eigenvalue weighted by molar-refractivity contribution is 0.104. The largest absolute Gasteiger partial charge is 0.493 e. The maximum atomic E-state index is 12.4. The van der Waals surface area contributed by atoms with Crippen LogP contribution in [-0.4, -0.2) is 30.2 Å². The third-order valence-corrected chi connectivity index (χ3v) is 4.48. The summed E-state index contributed by atoms with van der Waals surface area (Å²) < 4.78 is 10.4. The van der Waals surface area contributed by atoms with Gasteiger partial charge in [0.15, 0.2) is 17.3 Å². The molecule has 1 aromatic heterocycles. The molecular formula is C22H22N2O3. The average Bonchev–Trinajstić information content (AvgIpc) is 3.16. The number of H-pyrrole nitrogens is 1. The van der Waals surface area contributed by atoms with E-state index in [1.807, 2.05) is 12.1 Å². The molecule has 0 radical (unpaired) electrons. The van der Waals surface area contributed by atoms with Crippen molar-refractivity contribution in [2.75, 3.05) is 14.2 Å². The highest BCUT2D eigenvalue weighted by Gasteiger charge is 2.09. The highest BCUT2D eigenvalue weighted by molar-refractivity contribution is 6.07. The molecule has 0 atom stereocenters. The third kappa shape index (κ3) is 4.08. The van der Waals surface area contributed by atoms with Crippen LogP contribution in [-0.2, 0) is 0 Å². The number of aromatic amines is 1. The molecule has 0 saturated carbocycles. The predicted molar refractivity (Wildman–Crippen MR) is 106 cm³/mol. The number of methoxy groups -OCH3 is 2. The topological polar surface area (TPSA) is 64.2 Å². The number of rotatable bonds is 6. The molecule has 3 rings (SSSR count). The first kappa shape index (κ1) is 18.5. The summed E-state index contributed by atoms with van der Waals surface area (Å²) in [4.78, 5) is 12.4. The predicted octanol–water partition coefficient (Wildman–Crippen LogP) is 4.61. The highest BCUT2D eigenvalue weighted by Crippen LogP contribution is 2.28. The van der Waals surface area contributed by atoms with Gasteiger partial charge in [0.05, 0.1) is 25.6 Å². The molecule has 0 aliphatic carbocycles. The maximum absolute atomic E-state index is 12.4. The van der Waals surface area contributed by atoms with Gasteiger partial charge in [0.1, 0.15) is 0 Å². The number of hydrogen-bond donors (Lipinski definition) is 1. The summed E-state index contributed by atoms with van der Waals surface area (Å²) in [6, 6.07) is 13.2. The Morgan fingerprint density at radius 3 is 2.44 bits per heavy atom. The number of aromatic nitrogens is 2. The Labute approximate surface area is 158 Å². The van der Waals surface area contributed by atoms with Gasteiger partial charge >= 0.3 is 0 Å². The molecule has 138 valence electrons. The molecule has 0 spiro atoms. The second-order valence-corrected chi connectivity index (χ2v) is 6.27. The number of allylic oxidation sites excluding steroid dienone is 1. The molecule has 3 aromatic rings. The van der Waals surface area contributed by atoms with Crippen molar-refractivity contribution in [2.24, 2.45) is 0 Å². The summed E-state index contributed by atoms with van der Waals surface area (Å²) in [6.07, 6.45) is 3.23. The highest BCUT2D eigenvalue weighted by atomic mass is 16.5. The Balaban J connectivity index is 1.77. The number of benzene rings is 2. The number of aryl methyl sites for hydroxylation is 2. The molecule has 1 heterocycles. The van der Waals surface area contributed by atoms with Crippen LogP contribution in [0.5, 0.6) is 11.5 Å². The van der Waals surface area contributed by atoms with E-state index in [4.69, 9.17) is 9.47 Å². The van der Waals surface area contributed by atoms with Crippen LogP contribution in [0.25, 0.3) is 17.3 Å². The van der Waals surface area contributed by atoms with Gasteiger partial charge in [0, 0.05) is 11.1 Å². The molecule has 2 aromatic carbocycles. The van der Waals surface area contributed by atoms with E-state index in [1.165, 1.54) is 17.2 Å². The second kappa shape index (κ2) is 7.91. The van der Waals surface area contributed by atoms with Crippen molar-refractivity contribution < 1.29 is 14.3 Å². The van der Waals surface area contributed by atoms with Crippen molar-refractivity contribution in [3.05, 3.63) is 70.9 Å². The Kier molecular flexibility index (Phi) is 5.41. The van der Waals surface area contributed by atoms with Gasteiger partial charge < -0.3 is 9.47 Å². The van der Waals surface area contributed by atoms with Crippen molar-refractivity contribution in [1.29, 1.82) is 0 Å². The summed E-state index contributed by atoms with van der Waals surface area (Å²) in [5, 5.41) is 7.29. The number of ether oxygens (including phenoxy) is 2. The van der Waals surface area contributed by atoms with Gasteiger partial charge in [-0.25, -0.2) is 0 Å². The fourth-order valence-electron chi connectivity index (χ4n) is 2.72. The minimum atomic E-state index is -0.127. The first-order valence-electron chi connectivity index (χ1n) is 8.59. The van der Waals surface area contributed by atoms with Gasteiger partial charge in [-0.05, 0) is 67.5 Å². The fraction of sp³-hybridized carbons (Fsp3) is 0.182. The number of nitrogens with one attached hydrogen (secondary N) is 1. The van der Waals surface area contributed by atoms with E-state index < -0.39 is 0 Å². The molecule has 0 aliphatic heterocycles. The smallest absolute Gasteiger partial charge is 0.186 e. The SMILES string of the molecule is COc1ccc(C(=O)C=Cc2cc(-c3ccc(C)c(C)c3)n[nH]2)cc1OC. The molecule has 0 amide bonds. The molecule has 5 heteroatoms. The van der Waals surface area contributed by atoms with Gasteiger partial charge in [-0.2, -0.15) is 5.10 Å². The van der Waals surface area contributed by atoms with Crippen LogP contribution in [0.2, 0.25) is 0 Å². The molecule has 1 N–H and O–H groups in total. The summed E-state index contributed by atoms with van der Waals surface area (Å²) in [7, 11) is 3.10. The van der Waals surface area contributed by atoms with Crippen molar-refractivity contribution in [2.45, 2.75) is 13.8 Å².